The molecule has 0 saturated carbocycles. The summed E-state index contributed by atoms with van der Waals surface area (Å²) in [5, 5.41) is 12.1. The van der Waals surface area contributed by atoms with Gasteiger partial charge in [-0.3, -0.25) is 4.79 Å². The number of hydrogen-bond acceptors (Lipinski definition) is 4. The number of likely N-dealkylation sites (N-methyl/N-ethyl adjacent to an activating group) is 1. The van der Waals surface area contributed by atoms with Crippen LogP contribution in [0.3, 0.4) is 0 Å². The fourth-order valence-corrected chi connectivity index (χ4v) is 2.01. The Morgan fingerprint density at radius 3 is 2.83 bits per heavy atom. The van der Waals surface area contributed by atoms with Gasteiger partial charge in [-0.25, -0.2) is 4.79 Å². The topological polar surface area (TPSA) is 95.7 Å². The highest BCUT2D eigenvalue weighted by Crippen LogP contribution is 2.22. The molecule has 1 aromatic rings. The van der Waals surface area contributed by atoms with Crippen LogP contribution in [0.15, 0.2) is 18.2 Å². The average molecular weight is 249 g/mol. The third-order valence-electron chi connectivity index (χ3n) is 3.03. The van der Waals surface area contributed by atoms with Gasteiger partial charge in [-0.15, -0.1) is 0 Å². The van der Waals surface area contributed by atoms with Crippen molar-refractivity contribution < 1.29 is 14.7 Å². The van der Waals surface area contributed by atoms with Gasteiger partial charge in [0.15, 0.2) is 0 Å². The molecule has 1 aliphatic rings. The van der Waals surface area contributed by atoms with Crippen LogP contribution in [-0.4, -0.2) is 41.5 Å². The second kappa shape index (κ2) is 4.56. The highest BCUT2D eigenvalue weighted by Gasteiger charge is 2.29. The molecule has 0 spiro atoms. The van der Waals surface area contributed by atoms with E-state index in [2.05, 4.69) is 5.32 Å². The lowest BCUT2D eigenvalue weighted by molar-refractivity contribution is -0.127. The third-order valence-corrected chi connectivity index (χ3v) is 3.03. The Bertz CT molecular complexity index is 501. The van der Waals surface area contributed by atoms with Crippen LogP contribution in [0, 0.1) is 0 Å². The van der Waals surface area contributed by atoms with E-state index in [1.54, 1.807) is 24.1 Å². The van der Waals surface area contributed by atoms with Gasteiger partial charge < -0.3 is 21.1 Å². The predicted molar refractivity (Wildman–Crippen MR) is 67.5 cm³/mol. The first-order valence-electron chi connectivity index (χ1n) is 5.63. The molecule has 0 aliphatic carbocycles. The van der Waals surface area contributed by atoms with Crippen molar-refractivity contribution in [2.75, 3.05) is 24.6 Å². The Hall–Kier alpha value is -2.24. The summed E-state index contributed by atoms with van der Waals surface area (Å²) in [6, 6.07) is 4.22. The first-order valence-corrected chi connectivity index (χ1v) is 5.63. The van der Waals surface area contributed by atoms with Crippen molar-refractivity contribution in [2.24, 2.45) is 0 Å². The molecule has 96 valence electrons. The smallest absolute Gasteiger partial charge is 0.337 e. The van der Waals surface area contributed by atoms with Crippen LogP contribution in [0.4, 0.5) is 11.4 Å². The molecular weight excluding hydrogens is 234 g/mol. The number of nitrogens with one attached hydrogen (secondary N) is 1. The number of carboxylic acid groups (broad SMARTS) is 1. The van der Waals surface area contributed by atoms with E-state index in [4.69, 9.17) is 10.8 Å². The SMILES string of the molecule is CN1CCC(Nc2ccc(N)cc2C(=O)O)C1=O. The molecule has 1 atom stereocenters. The summed E-state index contributed by atoms with van der Waals surface area (Å²) in [7, 11) is 1.73. The number of carbonyl (C=O) groups is 2. The molecule has 6 heteroatoms. The molecular formula is C12H15N3O3. The minimum Gasteiger partial charge on any atom is -0.478 e. The number of nitrogens with two attached hydrogens (primary N) is 1. The number of nitrogen functional groups attached to an aromatic ring is 1. The molecule has 0 radical (unpaired) electrons. The number of carbonyl (C=O) groups excluding carboxylic acids is 1. The van der Waals surface area contributed by atoms with E-state index in [0.29, 0.717) is 24.3 Å². The van der Waals surface area contributed by atoms with Crippen molar-refractivity contribution in [3.63, 3.8) is 0 Å². The summed E-state index contributed by atoms with van der Waals surface area (Å²) in [6.07, 6.45) is 0.665. The second-order valence-electron chi connectivity index (χ2n) is 4.36. The second-order valence-corrected chi connectivity index (χ2v) is 4.36. The Morgan fingerprint density at radius 2 is 2.28 bits per heavy atom. The number of nitrogens with zero attached hydrogens (tertiary/aromatic N) is 1. The number of anilines is 2. The normalized spacial score (nSPS) is 19.1. The maximum atomic E-state index is 11.7. The van der Waals surface area contributed by atoms with Gasteiger partial charge in [0.25, 0.3) is 0 Å². The van der Waals surface area contributed by atoms with E-state index in [-0.39, 0.29) is 17.5 Å². The summed E-state index contributed by atoms with van der Waals surface area (Å²) >= 11 is 0. The van der Waals surface area contributed by atoms with Crippen LogP contribution < -0.4 is 11.1 Å². The molecule has 6 nitrogen and oxygen atoms in total. The van der Waals surface area contributed by atoms with Crippen molar-refractivity contribution in [1.82, 2.24) is 4.90 Å². The van der Waals surface area contributed by atoms with E-state index >= 15 is 0 Å². The molecule has 1 aromatic carbocycles. The van der Waals surface area contributed by atoms with Gasteiger partial charge in [-0.1, -0.05) is 0 Å². The van der Waals surface area contributed by atoms with Crippen LogP contribution in [0.5, 0.6) is 0 Å². The minimum absolute atomic E-state index is 0.0248. The molecule has 1 unspecified atom stereocenters. The van der Waals surface area contributed by atoms with Gasteiger partial charge in [-0.2, -0.15) is 0 Å². The predicted octanol–water partition coefficient (Wildman–Crippen LogP) is 0.610. The number of likely N-dealkylation sites (tertiary alicyclic amines) is 1. The van der Waals surface area contributed by atoms with E-state index < -0.39 is 5.97 Å². The Balaban J connectivity index is 2.24. The fraction of sp³-hybridized carbons (Fsp3) is 0.333. The van der Waals surface area contributed by atoms with Gasteiger partial charge >= 0.3 is 5.97 Å². The number of benzene rings is 1. The van der Waals surface area contributed by atoms with Crippen LogP contribution in [-0.2, 0) is 4.79 Å². The van der Waals surface area contributed by atoms with Gasteiger partial charge in [0.2, 0.25) is 5.91 Å². The molecule has 1 saturated heterocycles. The van der Waals surface area contributed by atoms with Crippen LogP contribution in [0.25, 0.3) is 0 Å². The number of carboxylic acids is 1. The molecule has 0 aromatic heterocycles. The molecule has 18 heavy (non-hydrogen) atoms. The summed E-state index contributed by atoms with van der Waals surface area (Å²) in [5.74, 6) is -1.09. The summed E-state index contributed by atoms with van der Waals surface area (Å²) in [5.41, 5.74) is 6.44. The van der Waals surface area contributed by atoms with Crippen LogP contribution >= 0.6 is 0 Å². The van der Waals surface area contributed by atoms with Gasteiger partial charge in [0.1, 0.15) is 6.04 Å². The number of hydrogen-bond donors (Lipinski definition) is 3. The van der Waals surface area contributed by atoms with Crippen molar-refractivity contribution in [1.29, 1.82) is 0 Å². The quantitative estimate of drug-likeness (QED) is 0.682. The van der Waals surface area contributed by atoms with Crippen molar-refractivity contribution in [3.8, 4) is 0 Å². The molecule has 1 fully saturated rings. The highest BCUT2D eigenvalue weighted by molar-refractivity contribution is 5.96. The molecule has 1 heterocycles. The lowest BCUT2D eigenvalue weighted by Gasteiger charge is -2.15. The van der Waals surface area contributed by atoms with Crippen molar-refractivity contribution in [2.45, 2.75) is 12.5 Å². The number of aromatic carboxylic acids is 1. The summed E-state index contributed by atoms with van der Waals surface area (Å²) in [4.78, 5) is 24.5. The zero-order chi connectivity index (χ0) is 13.3. The van der Waals surface area contributed by atoms with E-state index in [1.165, 1.54) is 6.07 Å². The van der Waals surface area contributed by atoms with E-state index in [9.17, 15) is 9.59 Å². The highest BCUT2D eigenvalue weighted by atomic mass is 16.4. The fourth-order valence-electron chi connectivity index (χ4n) is 2.01. The third kappa shape index (κ3) is 2.22. The van der Waals surface area contributed by atoms with Gasteiger partial charge in [-0.05, 0) is 24.6 Å². The van der Waals surface area contributed by atoms with Crippen LogP contribution in [0.1, 0.15) is 16.8 Å². The standard InChI is InChI=1S/C12H15N3O3/c1-15-5-4-10(11(15)16)14-9-3-2-7(13)6-8(9)12(17)18/h2-3,6,10,14H,4-5,13H2,1H3,(H,17,18). The average Bonchev–Trinajstić information content (AvgIpc) is 2.63. The Morgan fingerprint density at radius 1 is 1.56 bits per heavy atom. The molecule has 1 amide bonds. The molecule has 1 aliphatic heterocycles. The zero-order valence-electron chi connectivity index (χ0n) is 10.0. The van der Waals surface area contributed by atoms with Gasteiger partial charge in [0.05, 0.1) is 5.56 Å². The number of amides is 1. The van der Waals surface area contributed by atoms with E-state index in [0.717, 1.165) is 0 Å². The molecule has 4 N–H and O–H groups in total. The first kappa shape index (κ1) is 12.2. The van der Waals surface area contributed by atoms with Crippen LogP contribution in [0.2, 0.25) is 0 Å². The lowest BCUT2D eigenvalue weighted by atomic mass is 10.1. The first-order chi connectivity index (χ1) is 8.49. The molecule has 2 rings (SSSR count). The molecule has 0 bridgehead atoms. The largest absolute Gasteiger partial charge is 0.478 e. The monoisotopic (exact) mass is 249 g/mol. The Labute approximate surface area is 104 Å². The summed E-state index contributed by atoms with van der Waals surface area (Å²) < 4.78 is 0. The Kier molecular flexibility index (Phi) is 3.10. The van der Waals surface area contributed by atoms with Gasteiger partial charge in [0, 0.05) is 25.0 Å². The van der Waals surface area contributed by atoms with E-state index in [1.807, 2.05) is 0 Å². The number of rotatable bonds is 3. The zero-order valence-corrected chi connectivity index (χ0v) is 10.0. The minimum atomic E-state index is -1.07. The maximum absolute atomic E-state index is 11.7. The lowest BCUT2D eigenvalue weighted by Crippen LogP contribution is -2.31. The maximum Gasteiger partial charge on any atom is 0.337 e. The summed E-state index contributed by atoms with van der Waals surface area (Å²) in [6.45, 7) is 0.674. The van der Waals surface area contributed by atoms with Crippen molar-refractivity contribution in [3.05, 3.63) is 23.8 Å². The van der Waals surface area contributed by atoms with Crippen molar-refractivity contribution >= 4 is 23.3 Å².